The van der Waals surface area contributed by atoms with Gasteiger partial charge in [0, 0.05) is 10.9 Å². The maximum Gasteiger partial charge on any atom is 0.126 e. The van der Waals surface area contributed by atoms with Crippen molar-refractivity contribution in [1.29, 1.82) is 0 Å². The molecule has 0 spiro atoms. The average molecular weight is 272 g/mol. The van der Waals surface area contributed by atoms with Gasteiger partial charge in [0.15, 0.2) is 0 Å². The lowest BCUT2D eigenvalue weighted by atomic mass is 10.3. The van der Waals surface area contributed by atoms with Crippen LogP contribution < -0.4 is 10.5 Å². The minimum atomic E-state index is -0.324. The molecule has 0 aliphatic carbocycles. The maximum atomic E-state index is 12.9. The first kappa shape index (κ1) is 12.4. The lowest BCUT2D eigenvalue weighted by Crippen LogP contribution is -2.17. The summed E-state index contributed by atoms with van der Waals surface area (Å²) >= 11 is 7.24. The summed E-state index contributed by atoms with van der Waals surface area (Å²) in [6.07, 6.45) is 0. The van der Waals surface area contributed by atoms with Crippen LogP contribution in [0.5, 0.6) is 5.75 Å². The summed E-state index contributed by atoms with van der Waals surface area (Å²) < 4.78 is 19.0. The summed E-state index contributed by atoms with van der Waals surface area (Å²) in [6.45, 7) is 0.292. The first-order valence-electron chi connectivity index (χ1n) is 5.04. The number of halogens is 2. The number of hydrogen-bond donors (Lipinski definition) is 1. The van der Waals surface area contributed by atoms with Gasteiger partial charge < -0.3 is 10.5 Å². The molecular formula is C12H11ClFNOS. The summed E-state index contributed by atoms with van der Waals surface area (Å²) in [5.74, 6) is 0.151. The fraction of sp³-hybridized carbons (Fsp3) is 0.167. The molecule has 0 saturated carbocycles. The van der Waals surface area contributed by atoms with Gasteiger partial charge in [-0.15, -0.1) is 11.3 Å². The van der Waals surface area contributed by atoms with Crippen molar-refractivity contribution in [3.8, 4) is 5.75 Å². The Morgan fingerprint density at radius 1 is 1.35 bits per heavy atom. The van der Waals surface area contributed by atoms with Crippen molar-refractivity contribution in [2.75, 3.05) is 6.61 Å². The zero-order chi connectivity index (χ0) is 12.3. The molecule has 2 aromatic rings. The van der Waals surface area contributed by atoms with E-state index in [4.69, 9.17) is 22.1 Å². The second-order valence-electron chi connectivity index (χ2n) is 3.52. The zero-order valence-electron chi connectivity index (χ0n) is 8.90. The average Bonchev–Trinajstić information content (AvgIpc) is 2.73. The molecule has 0 radical (unpaired) electrons. The zero-order valence-corrected chi connectivity index (χ0v) is 10.5. The molecule has 0 amide bonds. The molecule has 5 heteroatoms. The van der Waals surface area contributed by atoms with Crippen LogP contribution in [0.4, 0.5) is 4.39 Å². The Hall–Kier alpha value is -1.10. The Balaban J connectivity index is 1.94. The SMILES string of the molecule is NC(COc1cccc(F)c1)c1ccc(Cl)s1. The van der Waals surface area contributed by atoms with Crippen molar-refractivity contribution in [3.05, 3.63) is 51.4 Å². The van der Waals surface area contributed by atoms with E-state index in [0.717, 1.165) is 4.88 Å². The molecule has 1 unspecified atom stereocenters. The Labute approximate surface area is 108 Å². The summed E-state index contributed by atoms with van der Waals surface area (Å²) in [6, 6.07) is 9.39. The lowest BCUT2D eigenvalue weighted by Gasteiger charge is -2.11. The standard InChI is InChI=1S/C12H11ClFNOS/c13-12-5-4-11(17-12)10(15)7-16-9-3-1-2-8(14)6-9/h1-6,10H,7,15H2. The third-order valence-electron chi connectivity index (χ3n) is 2.19. The molecule has 0 bridgehead atoms. The van der Waals surface area contributed by atoms with Gasteiger partial charge in [0.1, 0.15) is 18.2 Å². The lowest BCUT2D eigenvalue weighted by molar-refractivity contribution is 0.291. The number of ether oxygens (including phenoxy) is 1. The Morgan fingerprint density at radius 3 is 2.82 bits per heavy atom. The molecule has 1 heterocycles. The van der Waals surface area contributed by atoms with Crippen molar-refractivity contribution < 1.29 is 9.13 Å². The Morgan fingerprint density at radius 2 is 2.18 bits per heavy atom. The molecule has 1 aromatic carbocycles. The smallest absolute Gasteiger partial charge is 0.126 e. The predicted octanol–water partition coefficient (Wildman–Crippen LogP) is 3.62. The van der Waals surface area contributed by atoms with E-state index in [9.17, 15) is 4.39 Å². The molecule has 0 fully saturated rings. The van der Waals surface area contributed by atoms with Gasteiger partial charge >= 0.3 is 0 Å². The van der Waals surface area contributed by atoms with Gasteiger partial charge in [-0.3, -0.25) is 0 Å². The van der Waals surface area contributed by atoms with E-state index in [2.05, 4.69) is 0 Å². The molecule has 0 aliphatic rings. The van der Waals surface area contributed by atoms with Gasteiger partial charge in [0.25, 0.3) is 0 Å². The molecule has 0 aliphatic heterocycles. The number of benzene rings is 1. The van der Waals surface area contributed by atoms with E-state index >= 15 is 0 Å². The highest BCUT2D eigenvalue weighted by molar-refractivity contribution is 7.16. The van der Waals surface area contributed by atoms with Gasteiger partial charge in [-0.25, -0.2) is 4.39 Å². The summed E-state index contributed by atoms with van der Waals surface area (Å²) in [7, 11) is 0. The van der Waals surface area contributed by atoms with Crippen LogP contribution in [0.2, 0.25) is 4.34 Å². The minimum Gasteiger partial charge on any atom is -0.491 e. The summed E-state index contributed by atoms with van der Waals surface area (Å²) in [5.41, 5.74) is 5.93. The second-order valence-corrected chi connectivity index (χ2v) is 5.26. The fourth-order valence-corrected chi connectivity index (χ4v) is 2.40. The highest BCUT2D eigenvalue weighted by Crippen LogP contribution is 2.26. The molecular weight excluding hydrogens is 261 g/mol. The van der Waals surface area contributed by atoms with Gasteiger partial charge in [-0.05, 0) is 24.3 Å². The highest BCUT2D eigenvalue weighted by atomic mass is 35.5. The third kappa shape index (κ3) is 3.43. The molecule has 90 valence electrons. The fourth-order valence-electron chi connectivity index (χ4n) is 1.35. The van der Waals surface area contributed by atoms with Gasteiger partial charge in [0.2, 0.25) is 0 Å². The highest BCUT2D eigenvalue weighted by Gasteiger charge is 2.09. The van der Waals surface area contributed by atoms with E-state index in [0.29, 0.717) is 16.7 Å². The first-order valence-corrected chi connectivity index (χ1v) is 6.24. The first-order chi connectivity index (χ1) is 8.15. The van der Waals surface area contributed by atoms with Crippen molar-refractivity contribution in [1.82, 2.24) is 0 Å². The molecule has 2 N–H and O–H groups in total. The second kappa shape index (κ2) is 5.49. The molecule has 2 rings (SSSR count). The van der Waals surface area contributed by atoms with Crippen LogP contribution in [-0.4, -0.2) is 6.61 Å². The van der Waals surface area contributed by atoms with Crippen LogP contribution in [0.25, 0.3) is 0 Å². The van der Waals surface area contributed by atoms with Crippen LogP contribution in [0.1, 0.15) is 10.9 Å². The van der Waals surface area contributed by atoms with E-state index in [1.165, 1.54) is 23.5 Å². The van der Waals surface area contributed by atoms with E-state index in [1.54, 1.807) is 18.2 Å². The Bertz CT molecular complexity index is 503. The van der Waals surface area contributed by atoms with Crippen molar-refractivity contribution in [2.45, 2.75) is 6.04 Å². The van der Waals surface area contributed by atoms with Crippen molar-refractivity contribution >= 4 is 22.9 Å². The molecule has 17 heavy (non-hydrogen) atoms. The number of nitrogens with two attached hydrogens (primary N) is 1. The molecule has 1 aromatic heterocycles. The van der Waals surface area contributed by atoms with Crippen LogP contribution in [0.3, 0.4) is 0 Å². The van der Waals surface area contributed by atoms with Crippen molar-refractivity contribution in [3.63, 3.8) is 0 Å². The summed E-state index contributed by atoms with van der Waals surface area (Å²) in [5, 5.41) is 0. The van der Waals surface area contributed by atoms with Gasteiger partial charge in [-0.2, -0.15) is 0 Å². The van der Waals surface area contributed by atoms with Crippen molar-refractivity contribution in [2.24, 2.45) is 5.73 Å². The Kier molecular flexibility index (Phi) is 3.99. The van der Waals surface area contributed by atoms with Crippen LogP contribution in [-0.2, 0) is 0 Å². The number of thiophene rings is 1. The van der Waals surface area contributed by atoms with Crippen LogP contribution in [0.15, 0.2) is 36.4 Å². The van der Waals surface area contributed by atoms with E-state index in [1.807, 2.05) is 6.07 Å². The third-order valence-corrected chi connectivity index (χ3v) is 3.55. The number of hydrogen-bond acceptors (Lipinski definition) is 3. The van der Waals surface area contributed by atoms with Gasteiger partial charge in [-0.1, -0.05) is 17.7 Å². The van der Waals surface area contributed by atoms with E-state index in [-0.39, 0.29) is 11.9 Å². The normalized spacial score (nSPS) is 12.4. The molecule has 2 nitrogen and oxygen atoms in total. The van der Waals surface area contributed by atoms with E-state index < -0.39 is 0 Å². The quantitative estimate of drug-likeness (QED) is 0.922. The minimum absolute atomic E-state index is 0.254. The predicted molar refractivity (Wildman–Crippen MR) is 68.2 cm³/mol. The molecule has 1 atom stereocenters. The molecule has 0 saturated heterocycles. The topological polar surface area (TPSA) is 35.2 Å². The van der Waals surface area contributed by atoms with Crippen LogP contribution in [0, 0.1) is 5.82 Å². The van der Waals surface area contributed by atoms with Crippen LogP contribution >= 0.6 is 22.9 Å². The largest absolute Gasteiger partial charge is 0.491 e. The van der Waals surface area contributed by atoms with Gasteiger partial charge in [0.05, 0.1) is 10.4 Å². The maximum absolute atomic E-state index is 12.9. The number of rotatable bonds is 4. The summed E-state index contributed by atoms with van der Waals surface area (Å²) in [4.78, 5) is 0.950. The monoisotopic (exact) mass is 271 g/mol.